The molecular weight excluding hydrogens is 479 g/mol. The molecule has 190 valence electrons. The van der Waals surface area contributed by atoms with Crippen molar-refractivity contribution in [2.24, 2.45) is 5.92 Å². The Bertz CT molecular complexity index is 1200. The zero-order valence-corrected chi connectivity index (χ0v) is 21.8. The Morgan fingerprint density at radius 1 is 1.08 bits per heavy atom. The van der Waals surface area contributed by atoms with E-state index < -0.39 is 0 Å². The van der Waals surface area contributed by atoms with Crippen LogP contribution in [0, 0.1) is 11.7 Å². The van der Waals surface area contributed by atoms with E-state index in [9.17, 15) is 14.0 Å². The quantitative estimate of drug-likeness (QED) is 0.419. The van der Waals surface area contributed by atoms with Crippen molar-refractivity contribution in [1.29, 1.82) is 0 Å². The van der Waals surface area contributed by atoms with Gasteiger partial charge in [-0.05, 0) is 59.2 Å². The average Bonchev–Trinajstić information content (AvgIpc) is 3.36. The lowest BCUT2D eigenvalue weighted by molar-refractivity contribution is -0.134. The third-order valence-electron chi connectivity index (χ3n) is 6.27. The summed E-state index contributed by atoms with van der Waals surface area (Å²) in [6, 6.07) is 13.0. The largest absolute Gasteiger partial charge is 0.497 e. The minimum absolute atomic E-state index is 0.0618. The summed E-state index contributed by atoms with van der Waals surface area (Å²) < 4.78 is 24.3. The van der Waals surface area contributed by atoms with Crippen molar-refractivity contribution in [2.45, 2.75) is 26.3 Å². The van der Waals surface area contributed by atoms with Crippen molar-refractivity contribution in [1.82, 2.24) is 9.80 Å². The van der Waals surface area contributed by atoms with Crippen molar-refractivity contribution in [3.05, 3.63) is 81.3 Å². The molecule has 0 spiro atoms. The molecule has 0 aliphatic carbocycles. The number of carbonyl (C=O) groups excluding carboxylic acids is 2. The first-order chi connectivity index (χ1) is 17.3. The highest BCUT2D eigenvalue weighted by atomic mass is 32.1. The lowest BCUT2D eigenvalue weighted by atomic mass is 9.93. The molecule has 1 aliphatic heterocycles. The van der Waals surface area contributed by atoms with E-state index in [0.717, 1.165) is 17.5 Å². The lowest BCUT2D eigenvalue weighted by Crippen LogP contribution is -2.47. The van der Waals surface area contributed by atoms with Crippen molar-refractivity contribution in [2.75, 3.05) is 33.9 Å². The highest BCUT2D eigenvalue weighted by molar-refractivity contribution is 7.10. The molecule has 0 saturated carbocycles. The standard InChI is InChI=1S/C28H31FN2O4S/c1-18(2)16-30(28(33)20-13-22(34-3)15-23(14-20)35-4)17-26(32)31-11-9-25-24(10-12-36-25)27(31)19-5-7-21(29)8-6-19/h5-8,10,12-15,18,27H,9,11,16-17H2,1-4H3. The third-order valence-corrected chi connectivity index (χ3v) is 7.27. The van der Waals surface area contributed by atoms with Gasteiger partial charge in [0, 0.05) is 29.6 Å². The zero-order valence-electron chi connectivity index (χ0n) is 21.0. The van der Waals surface area contributed by atoms with Gasteiger partial charge in [-0.25, -0.2) is 4.39 Å². The fraction of sp³-hybridized carbons (Fsp3) is 0.357. The van der Waals surface area contributed by atoms with Crippen LogP contribution in [0.4, 0.5) is 4.39 Å². The van der Waals surface area contributed by atoms with Gasteiger partial charge >= 0.3 is 0 Å². The third kappa shape index (κ3) is 5.54. The van der Waals surface area contributed by atoms with E-state index in [1.54, 1.807) is 46.6 Å². The van der Waals surface area contributed by atoms with Crippen LogP contribution in [0.25, 0.3) is 0 Å². The summed E-state index contributed by atoms with van der Waals surface area (Å²) in [5.74, 6) is 0.440. The van der Waals surface area contributed by atoms with Gasteiger partial charge in [0.2, 0.25) is 5.91 Å². The van der Waals surface area contributed by atoms with Crippen LogP contribution in [-0.4, -0.2) is 55.5 Å². The van der Waals surface area contributed by atoms with Crippen LogP contribution in [0.5, 0.6) is 11.5 Å². The molecule has 2 aromatic carbocycles. The van der Waals surface area contributed by atoms with Gasteiger partial charge in [0.05, 0.1) is 20.3 Å². The number of carbonyl (C=O) groups is 2. The Hall–Kier alpha value is -3.39. The molecule has 0 radical (unpaired) electrons. The van der Waals surface area contributed by atoms with E-state index in [2.05, 4.69) is 0 Å². The van der Waals surface area contributed by atoms with Crippen molar-refractivity contribution >= 4 is 23.2 Å². The molecule has 36 heavy (non-hydrogen) atoms. The number of nitrogens with zero attached hydrogens (tertiary/aromatic N) is 2. The van der Waals surface area contributed by atoms with Gasteiger partial charge in [-0.1, -0.05) is 26.0 Å². The molecule has 8 heteroatoms. The van der Waals surface area contributed by atoms with Gasteiger partial charge in [0.25, 0.3) is 5.91 Å². The number of rotatable bonds is 8. The normalized spacial score (nSPS) is 14.9. The van der Waals surface area contributed by atoms with Crippen LogP contribution in [0.3, 0.4) is 0 Å². The summed E-state index contributed by atoms with van der Waals surface area (Å²) >= 11 is 1.67. The first-order valence-electron chi connectivity index (χ1n) is 11.9. The summed E-state index contributed by atoms with van der Waals surface area (Å²) in [5.41, 5.74) is 2.31. The van der Waals surface area contributed by atoms with E-state index in [1.165, 1.54) is 31.2 Å². The number of methoxy groups -OCH3 is 2. The minimum atomic E-state index is -0.319. The maximum Gasteiger partial charge on any atom is 0.254 e. The van der Waals surface area contributed by atoms with Crippen LogP contribution in [0.1, 0.15) is 46.3 Å². The molecule has 0 fully saturated rings. The predicted molar refractivity (Wildman–Crippen MR) is 138 cm³/mol. The second-order valence-electron chi connectivity index (χ2n) is 9.27. The van der Waals surface area contributed by atoms with E-state index in [1.807, 2.05) is 30.2 Å². The van der Waals surface area contributed by atoms with E-state index in [0.29, 0.717) is 30.2 Å². The number of thiophene rings is 1. The van der Waals surface area contributed by atoms with Gasteiger partial charge in [-0.3, -0.25) is 9.59 Å². The number of benzene rings is 2. The van der Waals surface area contributed by atoms with Crippen LogP contribution in [0.2, 0.25) is 0 Å². The fourth-order valence-electron chi connectivity index (χ4n) is 4.62. The Morgan fingerprint density at radius 3 is 2.36 bits per heavy atom. The fourth-order valence-corrected chi connectivity index (χ4v) is 5.52. The number of ether oxygens (including phenoxy) is 2. The summed E-state index contributed by atoms with van der Waals surface area (Å²) in [6.45, 7) is 4.91. The maximum atomic E-state index is 13.8. The molecule has 1 aliphatic rings. The molecule has 2 heterocycles. The Balaban J connectivity index is 1.63. The average molecular weight is 511 g/mol. The second-order valence-corrected chi connectivity index (χ2v) is 10.3. The highest BCUT2D eigenvalue weighted by Gasteiger charge is 2.34. The molecule has 1 unspecified atom stereocenters. The summed E-state index contributed by atoms with van der Waals surface area (Å²) in [4.78, 5) is 32.0. The molecule has 3 aromatic rings. The summed E-state index contributed by atoms with van der Waals surface area (Å²) in [6.07, 6.45) is 0.752. The molecule has 0 N–H and O–H groups in total. The highest BCUT2D eigenvalue weighted by Crippen LogP contribution is 2.38. The predicted octanol–water partition coefficient (Wildman–Crippen LogP) is 5.18. The summed E-state index contributed by atoms with van der Waals surface area (Å²) in [7, 11) is 3.06. The number of fused-ring (bicyclic) bond motifs is 1. The Morgan fingerprint density at radius 2 is 1.75 bits per heavy atom. The van der Waals surface area contributed by atoms with Gasteiger partial charge < -0.3 is 19.3 Å². The van der Waals surface area contributed by atoms with Crippen LogP contribution in [-0.2, 0) is 11.2 Å². The molecule has 4 rings (SSSR count). The number of hydrogen-bond donors (Lipinski definition) is 0. The SMILES string of the molecule is COc1cc(OC)cc(C(=O)N(CC(=O)N2CCc3sccc3C2c2ccc(F)cc2)CC(C)C)c1. The molecular formula is C28H31FN2O4S. The molecule has 2 amide bonds. The lowest BCUT2D eigenvalue weighted by Gasteiger charge is -2.38. The van der Waals surface area contributed by atoms with Gasteiger partial charge in [-0.2, -0.15) is 0 Å². The monoisotopic (exact) mass is 510 g/mol. The zero-order chi connectivity index (χ0) is 25.8. The van der Waals surface area contributed by atoms with Gasteiger partial charge in [-0.15, -0.1) is 11.3 Å². The Kier molecular flexibility index (Phi) is 7.94. The molecule has 6 nitrogen and oxygen atoms in total. The first kappa shape index (κ1) is 25.7. The van der Waals surface area contributed by atoms with Gasteiger partial charge in [0.1, 0.15) is 23.9 Å². The Labute approximate surface area is 215 Å². The number of halogens is 1. The molecule has 1 aromatic heterocycles. The molecule has 1 atom stereocenters. The molecule has 0 bridgehead atoms. The van der Waals surface area contributed by atoms with E-state index in [4.69, 9.17) is 9.47 Å². The van der Waals surface area contributed by atoms with E-state index in [-0.39, 0.29) is 36.1 Å². The maximum absolute atomic E-state index is 13.8. The van der Waals surface area contributed by atoms with Crippen molar-refractivity contribution in [3.8, 4) is 11.5 Å². The topological polar surface area (TPSA) is 59.1 Å². The minimum Gasteiger partial charge on any atom is -0.497 e. The van der Waals surface area contributed by atoms with Crippen LogP contribution >= 0.6 is 11.3 Å². The van der Waals surface area contributed by atoms with Crippen LogP contribution < -0.4 is 9.47 Å². The van der Waals surface area contributed by atoms with Gasteiger partial charge in [0.15, 0.2) is 0 Å². The van der Waals surface area contributed by atoms with Crippen molar-refractivity contribution in [3.63, 3.8) is 0 Å². The summed E-state index contributed by atoms with van der Waals surface area (Å²) in [5, 5.41) is 2.03. The molecule has 0 saturated heterocycles. The first-order valence-corrected chi connectivity index (χ1v) is 12.8. The van der Waals surface area contributed by atoms with Crippen LogP contribution in [0.15, 0.2) is 53.9 Å². The smallest absolute Gasteiger partial charge is 0.254 e. The number of hydrogen-bond acceptors (Lipinski definition) is 5. The second kappa shape index (κ2) is 11.1. The number of amides is 2. The van der Waals surface area contributed by atoms with Crippen molar-refractivity contribution < 1.29 is 23.5 Å². The van der Waals surface area contributed by atoms with E-state index >= 15 is 0 Å².